The third-order valence-electron chi connectivity index (χ3n) is 4.00. The minimum Gasteiger partial charge on any atom is -0.431 e. The maximum atomic E-state index is 12.7. The van der Waals surface area contributed by atoms with Gasteiger partial charge in [-0.3, -0.25) is 9.59 Å². The Morgan fingerprint density at radius 1 is 1.22 bits per heavy atom. The van der Waals surface area contributed by atoms with Crippen molar-refractivity contribution in [1.82, 2.24) is 10.3 Å². The van der Waals surface area contributed by atoms with E-state index in [1.54, 1.807) is 18.2 Å². The number of carbonyl (C=O) groups is 2. The summed E-state index contributed by atoms with van der Waals surface area (Å²) in [4.78, 5) is 27.9. The molecule has 1 heterocycles. The van der Waals surface area contributed by atoms with E-state index in [1.165, 1.54) is 18.7 Å². The summed E-state index contributed by atoms with van der Waals surface area (Å²) in [6, 6.07) is 12.7. The lowest BCUT2D eigenvalue weighted by Gasteiger charge is -2.09. The lowest BCUT2D eigenvalue weighted by molar-refractivity contribution is -0.118. The molecule has 0 spiro atoms. The zero-order chi connectivity index (χ0) is 19.4. The maximum absolute atomic E-state index is 12.7. The minimum atomic E-state index is -0.334. The molecule has 0 aliphatic heterocycles. The number of thioether (sulfide) groups is 1. The molecule has 1 aromatic heterocycles. The number of Topliss-reactive ketones (excluding diaryl/α,β-unsaturated/α-hetero) is 1. The highest BCUT2D eigenvalue weighted by molar-refractivity contribution is 8.00. The van der Waals surface area contributed by atoms with Crippen molar-refractivity contribution in [2.45, 2.75) is 30.7 Å². The summed E-state index contributed by atoms with van der Waals surface area (Å²) in [6.45, 7) is 3.91. The lowest BCUT2D eigenvalue weighted by atomic mass is 10.0. The van der Waals surface area contributed by atoms with Gasteiger partial charge in [0, 0.05) is 30.1 Å². The largest absolute Gasteiger partial charge is 0.431 e. The molecular weight excluding hydrogens is 384 g/mol. The quantitative estimate of drug-likeness (QED) is 0.464. The zero-order valence-corrected chi connectivity index (χ0v) is 16.6. The fourth-order valence-corrected chi connectivity index (χ4v) is 3.58. The number of nitrogens with one attached hydrogen (secondary N) is 1. The van der Waals surface area contributed by atoms with Gasteiger partial charge in [-0.15, -0.1) is 0 Å². The third kappa shape index (κ3) is 5.11. The van der Waals surface area contributed by atoms with Gasteiger partial charge in [0.15, 0.2) is 11.4 Å². The minimum absolute atomic E-state index is 0.00806. The highest BCUT2D eigenvalue weighted by atomic mass is 35.5. The second-order valence-corrected chi connectivity index (χ2v) is 7.87. The Kier molecular flexibility index (Phi) is 6.19. The molecule has 7 heteroatoms. The predicted molar refractivity (Wildman–Crippen MR) is 107 cm³/mol. The number of aromatic nitrogens is 1. The summed E-state index contributed by atoms with van der Waals surface area (Å²) in [6.07, 6.45) is 0.726. The molecule has 5 nitrogen and oxygen atoms in total. The van der Waals surface area contributed by atoms with Crippen LogP contribution < -0.4 is 5.32 Å². The molecule has 0 saturated carbocycles. The summed E-state index contributed by atoms with van der Waals surface area (Å²) < 4.78 is 5.67. The fourth-order valence-electron chi connectivity index (χ4n) is 2.59. The molecule has 3 aromatic rings. The van der Waals surface area contributed by atoms with E-state index in [-0.39, 0.29) is 16.9 Å². The van der Waals surface area contributed by atoms with Crippen molar-refractivity contribution >= 4 is 46.2 Å². The molecule has 3 rings (SSSR count). The molecule has 1 unspecified atom stereocenters. The number of hydrogen-bond donors (Lipinski definition) is 1. The lowest BCUT2D eigenvalue weighted by Crippen LogP contribution is -2.22. The molecule has 27 heavy (non-hydrogen) atoms. The highest BCUT2D eigenvalue weighted by Crippen LogP contribution is 2.29. The van der Waals surface area contributed by atoms with Crippen LogP contribution >= 0.6 is 23.4 Å². The molecule has 0 saturated heterocycles. The van der Waals surface area contributed by atoms with Crippen LogP contribution in [0.4, 0.5) is 0 Å². The standard InChI is InChI=1S/C20H19ClN2O3S/c1-12(27-20-23-17-8-7-16(21)11-18(17)26-20)19(25)15-5-3-14(4-6-15)9-10-22-13(2)24/h3-8,11-12H,9-10H2,1-2H3,(H,22,24). The van der Waals surface area contributed by atoms with Crippen LogP contribution in [0.15, 0.2) is 52.1 Å². The van der Waals surface area contributed by atoms with Crippen LogP contribution in [0.1, 0.15) is 29.8 Å². The normalized spacial score (nSPS) is 12.1. The topological polar surface area (TPSA) is 72.2 Å². The van der Waals surface area contributed by atoms with Crippen LogP contribution in [0.2, 0.25) is 5.02 Å². The summed E-state index contributed by atoms with van der Waals surface area (Å²) in [5.74, 6) is -0.0391. The van der Waals surface area contributed by atoms with Crippen molar-refractivity contribution in [3.8, 4) is 0 Å². The first-order chi connectivity index (χ1) is 12.9. The molecule has 1 amide bonds. The van der Waals surface area contributed by atoms with Crippen LogP contribution in [0.25, 0.3) is 11.1 Å². The van der Waals surface area contributed by atoms with Crippen LogP contribution in [0.3, 0.4) is 0 Å². The van der Waals surface area contributed by atoms with Gasteiger partial charge in [-0.1, -0.05) is 47.6 Å². The second kappa shape index (κ2) is 8.59. The fraction of sp³-hybridized carbons (Fsp3) is 0.250. The van der Waals surface area contributed by atoms with E-state index >= 15 is 0 Å². The Labute approximate surface area is 166 Å². The van der Waals surface area contributed by atoms with E-state index in [0.717, 1.165) is 12.0 Å². The Morgan fingerprint density at radius 2 is 1.96 bits per heavy atom. The second-order valence-electron chi connectivity index (χ2n) is 6.15. The summed E-state index contributed by atoms with van der Waals surface area (Å²) in [5.41, 5.74) is 3.02. The number of nitrogens with zero attached hydrogens (tertiary/aromatic N) is 1. The Hall–Kier alpha value is -2.31. The zero-order valence-electron chi connectivity index (χ0n) is 15.0. The molecule has 1 atom stereocenters. The van der Waals surface area contributed by atoms with Crippen LogP contribution in [0, 0.1) is 0 Å². The number of ketones is 1. The van der Waals surface area contributed by atoms with Crippen molar-refractivity contribution in [3.05, 3.63) is 58.6 Å². The van der Waals surface area contributed by atoms with E-state index in [4.69, 9.17) is 16.0 Å². The van der Waals surface area contributed by atoms with Gasteiger partial charge >= 0.3 is 0 Å². The van der Waals surface area contributed by atoms with Crippen LogP contribution in [0.5, 0.6) is 0 Å². The Morgan fingerprint density at radius 3 is 2.67 bits per heavy atom. The number of hydrogen-bond acceptors (Lipinski definition) is 5. The van der Waals surface area contributed by atoms with Crippen LogP contribution in [-0.2, 0) is 11.2 Å². The molecule has 0 aliphatic rings. The summed E-state index contributed by atoms with van der Waals surface area (Å²) >= 11 is 7.24. The Bertz CT molecular complexity index is 969. The number of halogens is 1. The first-order valence-corrected chi connectivity index (χ1v) is 9.78. The summed E-state index contributed by atoms with van der Waals surface area (Å²) in [7, 11) is 0. The van der Waals surface area contributed by atoms with Gasteiger partial charge in [0.2, 0.25) is 5.91 Å². The van der Waals surface area contributed by atoms with Gasteiger partial charge in [-0.05, 0) is 31.0 Å². The highest BCUT2D eigenvalue weighted by Gasteiger charge is 2.19. The molecule has 140 valence electrons. The SMILES string of the molecule is CC(=O)NCCc1ccc(C(=O)C(C)Sc2nc3ccc(Cl)cc3o2)cc1. The van der Waals surface area contributed by atoms with Gasteiger partial charge < -0.3 is 9.73 Å². The molecular formula is C20H19ClN2O3S. The van der Waals surface area contributed by atoms with Crippen molar-refractivity contribution in [2.75, 3.05) is 6.54 Å². The van der Waals surface area contributed by atoms with Crippen molar-refractivity contribution in [2.24, 2.45) is 0 Å². The number of fused-ring (bicyclic) bond motifs is 1. The summed E-state index contributed by atoms with van der Waals surface area (Å²) in [5, 5.41) is 3.45. The number of amides is 1. The van der Waals surface area contributed by atoms with Crippen molar-refractivity contribution in [1.29, 1.82) is 0 Å². The van der Waals surface area contributed by atoms with E-state index in [1.807, 2.05) is 31.2 Å². The van der Waals surface area contributed by atoms with E-state index < -0.39 is 0 Å². The van der Waals surface area contributed by atoms with Crippen molar-refractivity contribution < 1.29 is 14.0 Å². The monoisotopic (exact) mass is 402 g/mol. The number of oxazole rings is 1. The first kappa shape index (κ1) is 19.5. The van der Waals surface area contributed by atoms with Gasteiger partial charge in [0.25, 0.3) is 5.22 Å². The Balaban J connectivity index is 1.62. The van der Waals surface area contributed by atoms with Gasteiger partial charge in [-0.25, -0.2) is 4.98 Å². The average Bonchev–Trinajstić information content (AvgIpc) is 3.02. The van der Waals surface area contributed by atoms with Gasteiger partial charge in [0.1, 0.15) is 5.52 Å². The number of carbonyl (C=O) groups excluding carboxylic acids is 2. The molecule has 2 aromatic carbocycles. The average molecular weight is 403 g/mol. The van der Waals surface area contributed by atoms with E-state index in [2.05, 4.69) is 10.3 Å². The molecule has 1 N–H and O–H groups in total. The maximum Gasteiger partial charge on any atom is 0.257 e. The molecule has 0 aliphatic carbocycles. The smallest absolute Gasteiger partial charge is 0.257 e. The predicted octanol–water partition coefficient (Wildman–Crippen LogP) is 4.52. The first-order valence-electron chi connectivity index (χ1n) is 8.53. The van der Waals surface area contributed by atoms with Crippen LogP contribution in [-0.4, -0.2) is 28.5 Å². The van der Waals surface area contributed by atoms with E-state index in [0.29, 0.717) is 33.5 Å². The third-order valence-corrected chi connectivity index (χ3v) is 5.18. The molecule has 0 bridgehead atoms. The number of benzene rings is 2. The van der Waals surface area contributed by atoms with Gasteiger partial charge in [0.05, 0.1) is 5.25 Å². The van der Waals surface area contributed by atoms with Gasteiger partial charge in [-0.2, -0.15) is 0 Å². The molecule has 0 fully saturated rings. The van der Waals surface area contributed by atoms with E-state index in [9.17, 15) is 9.59 Å². The molecule has 0 radical (unpaired) electrons. The number of rotatable bonds is 7. The van der Waals surface area contributed by atoms with Crippen molar-refractivity contribution in [3.63, 3.8) is 0 Å².